The zero-order valence-electron chi connectivity index (χ0n) is 14.2. The number of pyridine rings is 1. The first-order chi connectivity index (χ1) is 12.5. The maximum absolute atomic E-state index is 12.2. The summed E-state index contributed by atoms with van der Waals surface area (Å²) in [4.78, 5) is 31.7. The first-order valence-electron chi connectivity index (χ1n) is 8.30. The van der Waals surface area contributed by atoms with E-state index in [0.29, 0.717) is 17.3 Å². The van der Waals surface area contributed by atoms with E-state index in [2.05, 4.69) is 20.1 Å². The summed E-state index contributed by atoms with van der Waals surface area (Å²) in [6.45, 7) is 3.29. The van der Waals surface area contributed by atoms with Crippen LogP contribution in [0.5, 0.6) is 0 Å². The highest BCUT2D eigenvalue weighted by atomic mass is 35.5. The number of para-hydroxylation sites is 1. The van der Waals surface area contributed by atoms with Crippen LogP contribution in [0.4, 0.5) is 11.4 Å². The normalized spacial score (nSPS) is 14.9. The van der Waals surface area contributed by atoms with Gasteiger partial charge in [0, 0.05) is 38.1 Å². The Kier molecular flexibility index (Phi) is 5.70. The van der Waals surface area contributed by atoms with E-state index in [4.69, 9.17) is 17.3 Å². The monoisotopic (exact) mass is 373 g/mol. The van der Waals surface area contributed by atoms with Crippen LogP contribution in [0.2, 0.25) is 5.02 Å². The fourth-order valence-corrected chi connectivity index (χ4v) is 3.05. The van der Waals surface area contributed by atoms with Gasteiger partial charge in [-0.3, -0.25) is 19.5 Å². The summed E-state index contributed by atoms with van der Waals surface area (Å²) in [7, 11) is 0. The highest BCUT2D eigenvalue weighted by Gasteiger charge is 2.20. The Bertz CT molecular complexity index is 806. The number of hydrogen-bond donors (Lipinski definition) is 2. The Labute approximate surface area is 156 Å². The van der Waals surface area contributed by atoms with Crippen LogP contribution in [-0.4, -0.2) is 54.4 Å². The number of nitrogens with one attached hydrogen (secondary N) is 1. The van der Waals surface area contributed by atoms with E-state index in [1.165, 1.54) is 0 Å². The molecule has 0 radical (unpaired) electrons. The van der Waals surface area contributed by atoms with E-state index in [9.17, 15) is 9.59 Å². The standard InChI is InChI=1S/C18H20ClN5O2/c19-14-3-1-2-4-15(14)22-17(25)12-23-7-9-24(10-8-23)13-5-6-21-16(11-13)18(20)26/h1-6,11H,7-10,12H2,(H2,20,26)(H,22,25). The molecule has 1 aromatic carbocycles. The Balaban J connectivity index is 1.52. The lowest BCUT2D eigenvalue weighted by atomic mass is 10.2. The molecule has 0 atom stereocenters. The van der Waals surface area contributed by atoms with Crippen LogP contribution in [0, 0.1) is 0 Å². The molecule has 136 valence electrons. The zero-order chi connectivity index (χ0) is 18.5. The van der Waals surface area contributed by atoms with Crippen LogP contribution in [0.1, 0.15) is 10.5 Å². The number of hydrogen-bond acceptors (Lipinski definition) is 5. The minimum absolute atomic E-state index is 0.0912. The van der Waals surface area contributed by atoms with Crippen molar-refractivity contribution < 1.29 is 9.59 Å². The van der Waals surface area contributed by atoms with Gasteiger partial charge in [0.1, 0.15) is 5.69 Å². The number of halogens is 1. The average Bonchev–Trinajstić information content (AvgIpc) is 2.64. The van der Waals surface area contributed by atoms with E-state index >= 15 is 0 Å². The third kappa shape index (κ3) is 4.50. The van der Waals surface area contributed by atoms with Crippen LogP contribution >= 0.6 is 11.6 Å². The Morgan fingerprint density at radius 1 is 1.15 bits per heavy atom. The summed E-state index contributed by atoms with van der Waals surface area (Å²) in [5.74, 6) is -0.631. The van der Waals surface area contributed by atoms with Crippen molar-refractivity contribution in [2.24, 2.45) is 5.73 Å². The fraction of sp³-hybridized carbons (Fsp3) is 0.278. The van der Waals surface area contributed by atoms with Crippen molar-refractivity contribution in [1.82, 2.24) is 9.88 Å². The molecule has 0 unspecified atom stereocenters. The van der Waals surface area contributed by atoms with Gasteiger partial charge in [-0.2, -0.15) is 0 Å². The molecular formula is C18H20ClN5O2. The molecule has 26 heavy (non-hydrogen) atoms. The molecule has 0 aliphatic carbocycles. The van der Waals surface area contributed by atoms with Crippen molar-refractivity contribution in [1.29, 1.82) is 0 Å². The molecule has 2 aromatic rings. The van der Waals surface area contributed by atoms with Gasteiger partial charge in [-0.25, -0.2) is 0 Å². The summed E-state index contributed by atoms with van der Waals surface area (Å²) in [6, 6.07) is 10.7. The lowest BCUT2D eigenvalue weighted by Crippen LogP contribution is -2.48. The van der Waals surface area contributed by atoms with E-state index in [1.807, 2.05) is 18.2 Å². The van der Waals surface area contributed by atoms with Gasteiger partial charge >= 0.3 is 0 Å². The van der Waals surface area contributed by atoms with Gasteiger partial charge in [0.25, 0.3) is 5.91 Å². The highest BCUT2D eigenvalue weighted by molar-refractivity contribution is 6.33. The number of aromatic nitrogens is 1. The van der Waals surface area contributed by atoms with Gasteiger partial charge in [-0.05, 0) is 24.3 Å². The Hall–Kier alpha value is -2.64. The molecule has 1 aromatic heterocycles. The minimum Gasteiger partial charge on any atom is -0.369 e. The second-order valence-corrected chi connectivity index (χ2v) is 6.46. The van der Waals surface area contributed by atoms with E-state index < -0.39 is 5.91 Å². The maximum atomic E-state index is 12.2. The molecule has 1 fully saturated rings. The van der Waals surface area contributed by atoms with Crippen molar-refractivity contribution >= 4 is 34.8 Å². The summed E-state index contributed by atoms with van der Waals surface area (Å²) in [5.41, 5.74) is 7.06. The SMILES string of the molecule is NC(=O)c1cc(N2CCN(CC(=O)Nc3ccccc3Cl)CC2)ccn1. The van der Waals surface area contributed by atoms with Crippen LogP contribution in [-0.2, 0) is 4.79 Å². The van der Waals surface area contributed by atoms with Gasteiger partial charge in [0.15, 0.2) is 0 Å². The van der Waals surface area contributed by atoms with Crippen molar-refractivity contribution in [3.63, 3.8) is 0 Å². The third-order valence-corrected chi connectivity index (χ3v) is 4.58. The molecule has 1 aliphatic heterocycles. The molecule has 2 heterocycles. The lowest BCUT2D eigenvalue weighted by molar-refractivity contribution is -0.117. The lowest BCUT2D eigenvalue weighted by Gasteiger charge is -2.35. The first-order valence-corrected chi connectivity index (χ1v) is 8.68. The molecule has 1 saturated heterocycles. The van der Waals surface area contributed by atoms with Crippen molar-refractivity contribution in [3.8, 4) is 0 Å². The average molecular weight is 374 g/mol. The number of carbonyl (C=O) groups excluding carboxylic acids is 2. The third-order valence-electron chi connectivity index (χ3n) is 4.25. The number of anilines is 2. The number of benzene rings is 1. The van der Waals surface area contributed by atoms with E-state index in [0.717, 1.165) is 31.9 Å². The predicted molar refractivity (Wildman–Crippen MR) is 101 cm³/mol. The molecule has 7 nitrogen and oxygen atoms in total. The van der Waals surface area contributed by atoms with Gasteiger partial charge in [0.2, 0.25) is 5.91 Å². The first kappa shape index (κ1) is 18.2. The number of nitrogens with two attached hydrogens (primary N) is 1. The van der Waals surface area contributed by atoms with Gasteiger partial charge in [-0.1, -0.05) is 23.7 Å². The summed E-state index contributed by atoms with van der Waals surface area (Å²) in [5, 5.41) is 3.36. The number of nitrogens with zero attached hydrogens (tertiary/aromatic N) is 3. The maximum Gasteiger partial charge on any atom is 0.267 e. The van der Waals surface area contributed by atoms with Crippen molar-refractivity contribution in [2.75, 3.05) is 42.9 Å². The molecule has 0 bridgehead atoms. The molecule has 8 heteroatoms. The van der Waals surface area contributed by atoms with E-state index in [-0.39, 0.29) is 11.6 Å². The molecular weight excluding hydrogens is 354 g/mol. The second kappa shape index (κ2) is 8.16. The van der Waals surface area contributed by atoms with Gasteiger partial charge < -0.3 is 16.0 Å². The van der Waals surface area contributed by atoms with Gasteiger partial charge in [0.05, 0.1) is 17.3 Å². The van der Waals surface area contributed by atoms with Crippen LogP contribution in [0.15, 0.2) is 42.6 Å². The quantitative estimate of drug-likeness (QED) is 0.830. The molecule has 1 aliphatic rings. The Morgan fingerprint density at radius 2 is 1.88 bits per heavy atom. The number of carbonyl (C=O) groups is 2. The predicted octanol–water partition coefficient (Wildman–Crippen LogP) is 1.59. The number of rotatable bonds is 5. The van der Waals surface area contributed by atoms with Crippen molar-refractivity contribution in [3.05, 3.63) is 53.3 Å². The fourth-order valence-electron chi connectivity index (χ4n) is 2.87. The van der Waals surface area contributed by atoms with E-state index in [1.54, 1.807) is 24.4 Å². The van der Waals surface area contributed by atoms with Crippen molar-refractivity contribution in [2.45, 2.75) is 0 Å². The molecule has 0 saturated carbocycles. The largest absolute Gasteiger partial charge is 0.369 e. The molecule has 3 rings (SSSR count). The molecule has 0 spiro atoms. The van der Waals surface area contributed by atoms with Gasteiger partial charge in [-0.15, -0.1) is 0 Å². The molecule has 2 amide bonds. The second-order valence-electron chi connectivity index (χ2n) is 6.05. The summed E-state index contributed by atoms with van der Waals surface area (Å²) in [6.07, 6.45) is 1.58. The van der Waals surface area contributed by atoms with Crippen LogP contribution in [0.3, 0.4) is 0 Å². The molecule has 3 N–H and O–H groups in total. The summed E-state index contributed by atoms with van der Waals surface area (Å²) >= 11 is 6.06. The highest BCUT2D eigenvalue weighted by Crippen LogP contribution is 2.20. The zero-order valence-corrected chi connectivity index (χ0v) is 14.9. The summed E-state index contributed by atoms with van der Waals surface area (Å²) < 4.78 is 0. The number of piperazine rings is 1. The van der Waals surface area contributed by atoms with Crippen LogP contribution in [0.25, 0.3) is 0 Å². The van der Waals surface area contributed by atoms with Crippen LogP contribution < -0.4 is 16.0 Å². The topological polar surface area (TPSA) is 91.6 Å². The Morgan fingerprint density at radius 3 is 2.58 bits per heavy atom. The smallest absolute Gasteiger partial charge is 0.267 e. The number of amides is 2. The number of primary amides is 1. The minimum atomic E-state index is -0.540.